The Morgan fingerprint density at radius 1 is 1.53 bits per heavy atom. The van der Waals surface area contributed by atoms with Gasteiger partial charge in [0.25, 0.3) is 0 Å². The van der Waals surface area contributed by atoms with Gasteiger partial charge >= 0.3 is 5.97 Å². The summed E-state index contributed by atoms with van der Waals surface area (Å²) in [4.78, 5) is 10.7. The molecule has 17 heavy (non-hydrogen) atoms. The van der Waals surface area contributed by atoms with Crippen LogP contribution in [0.1, 0.15) is 5.69 Å². The van der Waals surface area contributed by atoms with Crippen LogP contribution in [0.2, 0.25) is 0 Å². The van der Waals surface area contributed by atoms with Crippen molar-refractivity contribution in [3.8, 4) is 11.4 Å². The van der Waals surface area contributed by atoms with Crippen molar-refractivity contribution >= 4 is 5.97 Å². The van der Waals surface area contributed by atoms with Gasteiger partial charge in [-0.1, -0.05) is 11.3 Å². The molecule has 2 rings (SSSR count). The summed E-state index contributed by atoms with van der Waals surface area (Å²) < 4.78 is 6.58. The van der Waals surface area contributed by atoms with Gasteiger partial charge in [0.1, 0.15) is 5.75 Å². The molecule has 0 fully saturated rings. The molecule has 0 aliphatic carbocycles. The Hall–Kier alpha value is -2.37. The van der Waals surface area contributed by atoms with Crippen LogP contribution in [0.25, 0.3) is 5.69 Å². The largest absolute Gasteiger partial charge is 0.497 e. The number of methoxy groups -OCH3 is 1. The van der Waals surface area contributed by atoms with Gasteiger partial charge in [-0.3, -0.25) is 4.79 Å². The number of carboxylic acid groups (broad SMARTS) is 1. The monoisotopic (exact) mass is 233 g/mol. The molecule has 1 aromatic heterocycles. The number of hydrogen-bond donors (Lipinski definition) is 1. The van der Waals surface area contributed by atoms with Crippen LogP contribution in [0.15, 0.2) is 30.5 Å². The summed E-state index contributed by atoms with van der Waals surface area (Å²) in [5.74, 6) is -0.240. The van der Waals surface area contributed by atoms with Crippen LogP contribution < -0.4 is 4.74 Å². The molecule has 0 radical (unpaired) electrons. The third-order valence-corrected chi connectivity index (χ3v) is 2.25. The van der Waals surface area contributed by atoms with Gasteiger partial charge in [-0.15, -0.1) is 5.10 Å². The minimum absolute atomic E-state index is 0.121. The van der Waals surface area contributed by atoms with E-state index in [0.717, 1.165) is 5.69 Å². The van der Waals surface area contributed by atoms with Crippen molar-refractivity contribution in [3.05, 3.63) is 36.2 Å². The van der Waals surface area contributed by atoms with E-state index in [9.17, 15) is 4.79 Å². The van der Waals surface area contributed by atoms with E-state index in [2.05, 4.69) is 10.3 Å². The zero-order chi connectivity index (χ0) is 12.3. The normalized spacial score (nSPS) is 10.2. The zero-order valence-corrected chi connectivity index (χ0v) is 9.20. The van der Waals surface area contributed by atoms with E-state index in [0.29, 0.717) is 11.4 Å². The molecule has 0 saturated carbocycles. The summed E-state index contributed by atoms with van der Waals surface area (Å²) >= 11 is 0. The summed E-state index contributed by atoms with van der Waals surface area (Å²) in [7, 11) is 1.57. The Morgan fingerprint density at radius 3 is 3.06 bits per heavy atom. The summed E-state index contributed by atoms with van der Waals surface area (Å²) in [5.41, 5.74) is 1.24. The quantitative estimate of drug-likeness (QED) is 0.849. The third kappa shape index (κ3) is 2.41. The number of nitrogens with zero attached hydrogens (tertiary/aromatic N) is 3. The molecule has 6 heteroatoms. The zero-order valence-electron chi connectivity index (χ0n) is 9.20. The molecule has 0 aliphatic heterocycles. The highest BCUT2D eigenvalue weighted by atomic mass is 16.5. The van der Waals surface area contributed by atoms with E-state index in [1.54, 1.807) is 25.3 Å². The molecule has 0 atom stereocenters. The van der Waals surface area contributed by atoms with E-state index in [-0.39, 0.29) is 6.42 Å². The summed E-state index contributed by atoms with van der Waals surface area (Å²) in [6.45, 7) is 0. The highest BCUT2D eigenvalue weighted by molar-refractivity contribution is 5.69. The van der Waals surface area contributed by atoms with Gasteiger partial charge < -0.3 is 9.84 Å². The Labute approximate surface area is 97.4 Å². The molecule has 0 aliphatic rings. The predicted octanol–water partition coefficient (Wildman–Crippen LogP) is 0.903. The van der Waals surface area contributed by atoms with E-state index in [1.165, 1.54) is 10.9 Å². The van der Waals surface area contributed by atoms with Crippen molar-refractivity contribution < 1.29 is 14.6 Å². The van der Waals surface area contributed by atoms with Crippen LogP contribution >= 0.6 is 0 Å². The van der Waals surface area contributed by atoms with Crippen molar-refractivity contribution in [2.75, 3.05) is 7.11 Å². The Balaban J connectivity index is 2.38. The third-order valence-electron chi connectivity index (χ3n) is 2.25. The number of aliphatic carboxylic acids is 1. The van der Waals surface area contributed by atoms with Crippen LogP contribution in [0, 0.1) is 0 Å². The van der Waals surface area contributed by atoms with E-state index >= 15 is 0 Å². The lowest BCUT2D eigenvalue weighted by molar-refractivity contribution is -0.136. The van der Waals surface area contributed by atoms with Crippen LogP contribution in [0.4, 0.5) is 0 Å². The topological polar surface area (TPSA) is 77.2 Å². The fourth-order valence-electron chi connectivity index (χ4n) is 1.49. The molecule has 0 unspecified atom stereocenters. The first-order valence-corrected chi connectivity index (χ1v) is 4.96. The molecule has 6 nitrogen and oxygen atoms in total. The Morgan fingerprint density at radius 2 is 2.35 bits per heavy atom. The van der Waals surface area contributed by atoms with Crippen LogP contribution in [0.3, 0.4) is 0 Å². The number of carboxylic acids is 1. The van der Waals surface area contributed by atoms with Crippen molar-refractivity contribution in [3.63, 3.8) is 0 Å². The Kier molecular flexibility index (Phi) is 3.04. The highest BCUT2D eigenvalue weighted by Crippen LogP contribution is 2.16. The van der Waals surface area contributed by atoms with Gasteiger partial charge in [0, 0.05) is 6.07 Å². The lowest BCUT2D eigenvalue weighted by atomic mass is 10.2. The maximum absolute atomic E-state index is 10.7. The van der Waals surface area contributed by atoms with Gasteiger partial charge in [-0.2, -0.15) is 0 Å². The molecule has 2 aromatic rings. The maximum atomic E-state index is 10.7. The lowest BCUT2D eigenvalue weighted by Crippen LogP contribution is -2.08. The SMILES string of the molecule is COc1cccc(-n2nncc2CC(=O)O)c1. The summed E-state index contributed by atoms with van der Waals surface area (Å²) in [6.07, 6.45) is 1.32. The lowest BCUT2D eigenvalue weighted by Gasteiger charge is -2.06. The minimum Gasteiger partial charge on any atom is -0.497 e. The summed E-state index contributed by atoms with van der Waals surface area (Å²) in [6, 6.07) is 7.18. The fraction of sp³-hybridized carbons (Fsp3) is 0.182. The molecule has 1 heterocycles. The molecule has 0 saturated heterocycles. The van der Waals surface area contributed by atoms with Gasteiger partial charge in [-0.25, -0.2) is 4.68 Å². The highest BCUT2D eigenvalue weighted by Gasteiger charge is 2.10. The molecular weight excluding hydrogens is 222 g/mol. The number of hydrogen-bond acceptors (Lipinski definition) is 4. The molecule has 0 bridgehead atoms. The minimum atomic E-state index is -0.920. The summed E-state index contributed by atoms with van der Waals surface area (Å²) in [5, 5.41) is 16.3. The average Bonchev–Trinajstić information content (AvgIpc) is 2.76. The number of carbonyl (C=O) groups is 1. The standard InChI is InChI=1S/C11H11N3O3/c1-17-10-4-2-3-8(5-10)14-9(6-11(15)16)7-12-13-14/h2-5,7H,6H2,1H3,(H,15,16). The van der Waals surface area contributed by atoms with Crippen molar-refractivity contribution in [1.82, 2.24) is 15.0 Å². The number of benzene rings is 1. The second-order valence-electron chi connectivity index (χ2n) is 3.41. The number of aromatic nitrogens is 3. The van der Waals surface area contributed by atoms with Gasteiger partial charge in [0.15, 0.2) is 0 Å². The predicted molar refractivity (Wildman–Crippen MR) is 59.3 cm³/mol. The van der Waals surface area contributed by atoms with Crippen LogP contribution in [0.5, 0.6) is 5.75 Å². The smallest absolute Gasteiger partial charge is 0.309 e. The van der Waals surface area contributed by atoms with Crippen LogP contribution in [-0.4, -0.2) is 33.2 Å². The number of ether oxygens (including phenoxy) is 1. The Bertz CT molecular complexity index is 536. The molecule has 0 amide bonds. The molecule has 1 aromatic carbocycles. The second-order valence-corrected chi connectivity index (χ2v) is 3.41. The molecular formula is C11H11N3O3. The van der Waals surface area contributed by atoms with E-state index in [4.69, 9.17) is 9.84 Å². The van der Waals surface area contributed by atoms with Crippen molar-refractivity contribution in [1.29, 1.82) is 0 Å². The fourth-order valence-corrected chi connectivity index (χ4v) is 1.49. The first-order chi connectivity index (χ1) is 8.20. The molecule has 1 N–H and O–H groups in total. The molecule has 88 valence electrons. The second kappa shape index (κ2) is 4.65. The van der Waals surface area contributed by atoms with Gasteiger partial charge in [-0.05, 0) is 12.1 Å². The van der Waals surface area contributed by atoms with Gasteiger partial charge in [0.05, 0.1) is 31.1 Å². The molecule has 0 spiro atoms. The first-order valence-electron chi connectivity index (χ1n) is 4.96. The van der Waals surface area contributed by atoms with E-state index < -0.39 is 5.97 Å². The van der Waals surface area contributed by atoms with E-state index in [1.807, 2.05) is 6.07 Å². The van der Waals surface area contributed by atoms with Gasteiger partial charge in [0.2, 0.25) is 0 Å². The van der Waals surface area contributed by atoms with Crippen molar-refractivity contribution in [2.45, 2.75) is 6.42 Å². The van der Waals surface area contributed by atoms with Crippen LogP contribution in [-0.2, 0) is 11.2 Å². The average molecular weight is 233 g/mol. The number of rotatable bonds is 4. The maximum Gasteiger partial charge on any atom is 0.309 e. The first kappa shape index (κ1) is 11.1. The van der Waals surface area contributed by atoms with Crippen molar-refractivity contribution in [2.24, 2.45) is 0 Å².